The number of hydrogen-bond acceptors (Lipinski definition) is 3. The van der Waals surface area contributed by atoms with Crippen LogP contribution in [0.3, 0.4) is 0 Å². The van der Waals surface area contributed by atoms with E-state index in [1.165, 1.54) is 19.4 Å². The smallest absolute Gasteiger partial charge is 0.0611 e. The topological polar surface area (TPSA) is 35.5 Å². The summed E-state index contributed by atoms with van der Waals surface area (Å²) >= 11 is 0. The molecule has 1 rings (SSSR count). The molecule has 0 aromatic rings. The summed E-state index contributed by atoms with van der Waals surface area (Å²) in [5, 5.41) is 13.0. The predicted octanol–water partition coefficient (Wildman–Crippen LogP) is 2.25. The molecule has 0 amide bonds. The maximum absolute atomic E-state index is 9.60. The van der Waals surface area contributed by atoms with Gasteiger partial charge in [-0.3, -0.25) is 4.90 Å². The normalized spacial score (nSPS) is 21.3. The molecule has 0 aromatic carbocycles. The molecule has 1 aliphatic carbocycles. The average Bonchev–Trinajstić information content (AvgIpc) is 3.09. The Hall–Kier alpha value is -0.120. The van der Waals surface area contributed by atoms with Crippen molar-refractivity contribution in [1.29, 1.82) is 0 Å². The summed E-state index contributed by atoms with van der Waals surface area (Å²) in [7, 11) is 0. The molecule has 0 bridgehead atoms. The molecule has 3 nitrogen and oxygen atoms in total. The highest BCUT2D eigenvalue weighted by Crippen LogP contribution is 2.31. The second kappa shape index (κ2) is 6.88. The van der Waals surface area contributed by atoms with E-state index < -0.39 is 0 Å². The highest BCUT2D eigenvalue weighted by Gasteiger charge is 2.32. The zero-order chi connectivity index (χ0) is 13.8. The van der Waals surface area contributed by atoms with Crippen molar-refractivity contribution < 1.29 is 5.11 Å². The van der Waals surface area contributed by atoms with Crippen LogP contribution in [0.15, 0.2) is 0 Å². The van der Waals surface area contributed by atoms with Gasteiger partial charge in [0.25, 0.3) is 0 Å². The van der Waals surface area contributed by atoms with E-state index in [1.807, 2.05) is 0 Å². The van der Waals surface area contributed by atoms with Crippen molar-refractivity contribution in [2.24, 2.45) is 5.92 Å². The van der Waals surface area contributed by atoms with Gasteiger partial charge in [-0.2, -0.15) is 0 Å². The summed E-state index contributed by atoms with van der Waals surface area (Å²) in [6.07, 6.45) is 3.81. The number of likely N-dealkylation sites (N-methyl/N-ethyl adjacent to an activating group) is 1. The minimum absolute atomic E-state index is 0.148. The Morgan fingerprint density at radius 2 is 1.94 bits per heavy atom. The summed E-state index contributed by atoms with van der Waals surface area (Å²) in [5.41, 5.74) is -0.148. The quantitative estimate of drug-likeness (QED) is 0.664. The molecule has 2 N–H and O–H groups in total. The highest BCUT2D eigenvalue weighted by atomic mass is 16.3. The Morgan fingerprint density at radius 1 is 1.33 bits per heavy atom. The van der Waals surface area contributed by atoms with Gasteiger partial charge in [-0.25, -0.2) is 0 Å². The standard InChI is InChI=1S/C15H32N2O/c1-6-16-15(5,11-18)9-13(4)17(12(2)3)10-14-7-8-14/h12-14,16,18H,6-11H2,1-5H3. The first kappa shape index (κ1) is 15.9. The maximum Gasteiger partial charge on any atom is 0.0611 e. The monoisotopic (exact) mass is 256 g/mol. The molecule has 1 aliphatic rings. The van der Waals surface area contributed by atoms with Crippen LogP contribution in [-0.4, -0.2) is 47.3 Å². The number of rotatable bonds is 9. The third kappa shape index (κ3) is 4.87. The third-order valence-corrected chi connectivity index (χ3v) is 4.09. The van der Waals surface area contributed by atoms with Crippen molar-refractivity contribution in [3.63, 3.8) is 0 Å². The minimum atomic E-state index is -0.148. The summed E-state index contributed by atoms with van der Waals surface area (Å²) < 4.78 is 0. The second-order valence-electron chi connectivity index (χ2n) is 6.54. The fraction of sp³-hybridized carbons (Fsp3) is 1.00. The Morgan fingerprint density at radius 3 is 2.33 bits per heavy atom. The summed E-state index contributed by atoms with van der Waals surface area (Å²) in [5.74, 6) is 0.925. The number of aliphatic hydroxyl groups excluding tert-OH is 1. The van der Waals surface area contributed by atoms with E-state index in [0.29, 0.717) is 12.1 Å². The van der Waals surface area contributed by atoms with Gasteiger partial charge < -0.3 is 10.4 Å². The van der Waals surface area contributed by atoms with Crippen molar-refractivity contribution in [1.82, 2.24) is 10.2 Å². The summed E-state index contributed by atoms with van der Waals surface area (Å²) in [6.45, 7) is 13.4. The lowest BCUT2D eigenvalue weighted by molar-refractivity contribution is 0.0942. The molecule has 2 unspecified atom stereocenters. The van der Waals surface area contributed by atoms with Crippen LogP contribution in [0.1, 0.15) is 53.9 Å². The molecular weight excluding hydrogens is 224 g/mol. The summed E-state index contributed by atoms with van der Waals surface area (Å²) in [6, 6.07) is 1.10. The van der Waals surface area contributed by atoms with Crippen LogP contribution in [-0.2, 0) is 0 Å². The van der Waals surface area contributed by atoms with Gasteiger partial charge in [-0.05, 0) is 59.4 Å². The molecule has 2 atom stereocenters. The first-order valence-electron chi connectivity index (χ1n) is 7.53. The molecule has 0 saturated heterocycles. The Kier molecular flexibility index (Phi) is 6.09. The van der Waals surface area contributed by atoms with Gasteiger partial charge in [0.1, 0.15) is 0 Å². The van der Waals surface area contributed by atoms with Crippen molar-refractivity contribution in [2.45, 2.75) is 71.5 Å². The molecule has 0 aliphatic heterocycles. The largest absolute Gasteiger partial charge is 0.394 e. The van der Waals surface area contributed by atoms with Crippen molar-refractivity contribution in [3.05, 3.63) is 0 Å². The Labute approximate surface area is 113 Å². The molecule has 1 saturated carbocycles. The van der Waals surface area contributed by atoms with Crippen molar-refractivity contribution in [2.75, 3.05) is 19.7 Å². The van der Waals surface area contributed by atoms with E-state index in [-0.39, 0.29) is 12.1 Å². The van der Waals surface area contributed by atoms with E-state index in [2.05, 4.69) is 44.8 Å². The number of nitrogens with one attached hydrogen (secondary N) is 1. The fourth-order valence-electron chi connectivity index (χ4n) is 2.89. The number of nitrogens with zero attached hydrogens (tertiary/aromatic N) is 1. The predicted molar refractivity (Wildman–Crippen MR) is 77.8 cm³/mol. The zero-order valence-electron chi connectivity index (χ0n) is 12.9. The van der Waals surface area contributed by atoms with Gasteiger partial charge in [0.15, 0.2) is 0 Å². The van der Waals surface area contributed by atoms with Crippen LogP contribution >= 0.6 is 0 Å². The molecule has 0 heterocycles. The van der Waals surface area contributed by atoms with Gasteiger partial charge in [0.05, 0.1) is 6.61 Å². The van der Waals surface area contributed by atoms with Crippen molar-refractivity contribution in [3.8, 4) is 0 Å². The Bertz CT molecular complexity index is 241. The van der Waals surface area contributed by atoms with Gasteiger partial charge in [0.2, 0.25) is 0 Å². The van der Waals surface area contributed by atoms with E-state index in [9.17, 15) is 5.11 Å². The maximum atomic E-state index is 9.60. The van der Waals surface area contributed by atoms with Crippen LogP contribution in [0.25, 0.3) is 0 Å². The lowest BCUT2D eigenvalue weighted by Gasteiger charge is -2.39. The minimum Gasteiger partial charge on any atom is -0.394 e. The van der Waals surface area contributed by atoms with E-state index in [4.69, 9.17) is 0 Å². The molecule has 1 fully saturated rings. The average molecular weight is 256 g/mol. The second-order valence-corrected chi connectivity index (χ2v) is 6.54. The Balaban J connectivity index is 2.55. The lowest BCUT2D eigenvalue weighted by atomic mass is 9.93. The first-order valence-corrected chi connectivity index (χ1v) is 7.53. The highest BCUT2D eigenvalue weighted by molar-refractivity contribution is 4.89. The van der Waals surface area contributed by atoms with E-state index in [1.54, 1.807) is 0 Å². The molecule has 18 heavy (non-hydrogen) atoms. The van der Waals surface area contributed by atoms with Crippen LogP contribution in [0.5, 0.6) is 0 Å². The third-order valence-electron chi connectivity index (χ3n) is 4.09. The molecule has 0 spiro atoms. The molecular formula is C15H32N2O. The lowest BCUT2D eigenvalue weighted by Crippen LogP contribution is -2.52. The van der Waals surface area contributed by atoms with Crippen LogP contribution in [0, 0.1) is 5.92 Å². The SMILES string of the molecule is CCNC(C)(CO)CC(C)N(CC1CC1)C(C)C. The van der Waals surface area contributed by atoms with Crippen LogP contribution in [0.2, 0.25) is 0 Å². The van der Waals surface area contributed by atoms with Gasteiger partial charge in [0, 0.05) is 24.2 Å². The van der Waals surface area contributed by atoms with E-state index in [0.717, 1.165) is 18.9 Å². The number of hydrogen-bond donors (Lipinski definition) is 2. The fourth-order valence-corrected chi connectivity index (χ4v) is 2.89. The van der Waals surface area contributed by atoms with E-state index >= 15 is 0 Å². The first-order chi connectivity index (χ1) is 8.41. The zero-order valence-corrected chi connectivity index (χ0v) is 12.9. The number of aliphatic hydroxyl groups is 1. The summed E-state index contributed by atoms with van der Waals surface area (Å²) in [4.78, 5) is 2.60. The van der Waals surface area contributed by atoms with Gasteiger partial charge in [-0.15, -0.1) is 0 Å². The van der Waals surface area contributed by atoms with Gasteiger partial charge in [-0.1, -0.05) is 6.92 Å². The molecule has 3 heteroatoms. The van der Waals surface area contributed by atoms with Crippen LogP contribution < -0.4 is 5.32 Å². The molecule has 0 radical (unpaired) electrons. The van der Waals surface area contributed by atoms with Crippen molar-refractivity contribution >= 4 is 0 Å². The molecule has 108 valence electrons. The molecule has 0 aromatic heterocycles. The van der Waals surface area contributed by atoms with Crippen LogP contribution in [0.4, 0.5) is 0 Å². The van der Waals surface area contributed by atoms with Gasteiger partial charge >= 0.3 is 0 Å².